The van der Waals surface area contributed by atoms with Gasteiger partial charge in [0, 0.05) is 18.9 Å². The number of halogens is 2. The summed E-state index contributed by atoms with van der Waals surface area (Å²) in [5.74, 6) is 0.839. The molecule has 2 aromatic heterocycles. The average Bonchev–Trinajstić information content (AvgIpc) is 2.77. The molecule has 0 radical (unpaired) electrons. The van der Waals surface area contributed by atoms with Crippen LogP contribution in [0.3, 0.4) is 0 Å². The van der Waals surface area contributed by atoms with Crippen LogP contribution in [-0.2, 0) is 11.2 Å². The number of anilines is 1. The number of amides is 1. The zero-order valence-corrected chi connectivity index (χ0v) is 10.7. The van der Waals surface area contributed by atoms with Gasteiger partial charge in [-0.1, -0.05) is 11.6 Å². The van der Waals surface area contributed by atoms with E-state index in [-0.39, 0.29) is 28.6 Å². The summed E-state index contributed by atoms with van der Waals surface area (Å²) in [4.78, 5) is 19.1. The van der Waals surface area contributed by atoms with Gasteiger partial charge in [0.25, 0.3) is 0 Å². The average molecular weight is 286 g/mol. The van der Waals surface area contributed by atoms with Gasteiger partial charge in [0.2, 0.25) is 11.2 Å². The van der Waals surface area contributed by atoms with Gasteiger partial charge >= 0.3 is 0 Å². The summed E-state index contributed by atoms with van der Waals surface area (Å²) in [7, 11) is 0. The molecule has 2 heterocycles. The van der Waals surface area contributed by atoms with Gasteiger partial charge < -0.3 is 9.73 Å². The summed E-state index contributed by atoms with van der Waals surface area (Å²) in [6.45, 7) is 0. The Morgan fingerprint density at radius 1 is 1.39 bits per heavy atom. The Hall–Kier alpha value is -1.59. The number of furan rings is 1. The summed E-state index contributed by atoms with van der Waals surface area (Å²) < 4.78 is 5.12. The molecule has 0 unspecified atom stereocenters. The maximum atomic E-state index is 11.6. The fourth-order valence-corrected chi connectivity index (χ4v) is 1.76. The number of aryl methyl sites for hydroxylation is 1. The highest BCUT2D eigenvalue weighted by Crippen LogP contribution is 2.14. The first-order valence-electron chi connectivity index (χ1n) is 5.16. The number of rotatable bonds is 4. The fourth-order valence-electron chi connectivity index (χ4n) is 1.35. The van der Waals surface area contributed by atoms with Gasteiger partial charge in [-0.05, 0) is 23.7 Å². The molecule has 7 heteroatoms. The van der Waals surface area contributed by atoms with Crippen LogP contribution in [0.2, 0.25) is 10.4 Å². The third kappa shape index (κ3) is 3.72. The molecule has 0 fully saturated rings. The molecule has 1 N–H and O–H groups in total. The molecule has 1 amide bonds. The first-order valence-corrected chi connectivity index (χ1v) is 5.91. The van der Waals surface area contributed by atoms with Gasteiger partial charge in [-0.15, -0.1) is 0 Å². The van der Waals surface area contributed by atoms with E-state index in [0.717, 1.165) is 5.76 Å². The van der Waals surface area contributed by atoms with E-state index >= 15 is 0 Å². The molecule has 2 aromatic rings. The minimum Gasteiger partial charge on any atom is -0.469 e. The van der Waals surface area contributed by atoms with Crippen molar-refractivity contribution >= 4 is 34.9 Å². The predicted molar refractivity (Wildman–Crippen MR) is 67.7 cm³/mol. The van der Waals surface area contributed by atoms with Crippen LogP contribution < -0.4 is 5.32 Å². The van der Waals surface area contributed by atoms with Crippen LogP contribution in [0, 0.1) is 0 Å². The molecule has 0 aliphatic carbocycles. The second kappa shape index (κ2) is 5.84. The molecule has 0 saturated carbocycles. The molecule has 0 aliphatic rings. The van der Waals surface area contributed by atoms with Crippen LogP contribution in [0.5, 0.6) is 0 Å². The van der Waals surface area contributed by atoms with Crippen LogP contribution in [-0.4, -0.2) is 15.9 Å². The Morgan fingerprint density at radius 2 is 2.22 bits per heavy atom. The molecule has 0 bridgehead atoms. The number of hydrogen-bond donors (Lipinski definition) is 1. The standard InChI is InChI=1S/C11H9Cl2N3O2/c12-8-6-9(16-11(13)14-8)15-10(17)4-3-7-2-1-5-18-7/h1-2,5-6H,3-4H2,(H,14,15,16,17). The number of carbonyl (C=O) groups excluding carboxylic acids is 1. The minimum absolute atomic E-state index is 0.0103. The highest BCUT2D eigenvalue weighted by Gasteiger charge is 2.07. The molecule has 18 heavy (non-hydrogen) atoms. The van der Waals surface area contributed by atoms with Gasteiger partial charge in [0.05, 0.1) is 6.26 Å². The number of nitrogens with zero attached hydrogens (tertiary/aromatic N) is 2. The first-order chi connectivity index (χ1) is 8.63. The lowest BCUT2D eigenvalue weighted by Gasteiger charge is -2.04. The zero-order chi connectivity index (χ0) is 13.0. The Morgan fingerprint density at radius 3 is 2.89 bits per heavy atom. The smallest absolute Gasteiger partial charge is 0.225 e. The third-order valence-electron chi connectivity index (χ3n) is 2.11. The molecule has 94 valence electrons. The minimum atomic E-state index is -0.197. The normalized spacial score (nSPS) is 10.3. The van der Waals surface area contributed by atoms with Crippen molar-refractivity contribution in [2.24, 2.45) is 0 Å². The highest BCUT2D eigenvalue weighted by atomic mass is 35.5. The van der Waals surface area contributed by atoms with E-state index in [0.29, 0.717) is 6.42 Å². The lowest BCUT2D eigenvalue weighted by atomic mass is 10.2. The number of carbonyl (C=O) groups is 1. The second-order valence-electron chi connectivity index (χ2n) is 3.47. The second-order valence-corrected chi connectivity index (χ2v) is 4.20. The third-order valence-corrected chi connectivity index (χ3v) is 2.48. The Labute approximate surface area is 113 Å². The van der Waals surface area contributed by atoms with Crippen molar-refractivity contribution < 1.29 is 9.21 Å². The SMILES string of the molecule is O=C(CCc1ccco1)Nc1cc(Cl)nc(Cl)n1. The maximum Gasteiger partial charge on any atom is 0.225 e. The summed E-state index contributed by atoms with van der Waals surface area (Å²) in [6.07, 6.45) is 2.37. The summed E-state index contributed by atoms with van der Waals surface area (Å²) >= 11 is 11.3. The van der Waals surface area contributed by atoms with Crippen LogP contribution in [0.4, 0.5) is 5.82 Å². The van der Waals surface area contributed by atoms with Crippen molar-refractivity contribution in [1.29, 1.82) is 0 Å². The zero-order valence-electron chi connectivity index (χ0n) is 9.19. The van der Waals surface area contributed by atoms with E-state index in [1.54, 1.807) is 12.3 Å². The van der Waals surface area contributed by atoms with Crippen molar-refractivity contribution in [3.63, 3.8) is 0 Å². The van der Waals surface area contributed by atoms with Crippen LogP contribution in [0.15, 0.2) is 28.9 Å². The van der Waals surface area contributed by atoms with Crippen LogP contribution in [0.25, 0.3) is 0 Å². The Kier molecular flexibility index (Phi) is 4.17. The van der Waals surface area contributed by atoms with Crippen LogP contribution in [0.1, 0.15) is 12.2 Å². The quantitative estimate of drug-likeness (QED) is 0.693. The molecule has 2 rings (SSSR count). The van der Waals surface area contributed by atoms with Crippen molar-refractivity contribution in [2.75, 3.05) is 5.32 Å². The van der Waals surface area contributed by atoms with E-state index in [9.17, 15) is 4.79 Å². The number of hydrogen-bond acceptors (Lipinski definition) is 4. The van der Waals surface area contributed by atoms with E-state index in [1.165, 1.54) is 6.07 Å². The van der Waals surface area contributed by atoms with Crippen molar-refractivity contribution in [1.82, 2.24) is 9.97 Å². The molecule has 0 aliphatic heterocycles. The maximum absolute atomic E-state index is 11.6. The number of nitrogens with one attached hydrogen (secondary N) is 1. The first kappa shape index (κ1) is 12.9. The van der Waals surface area contributed by atoms with E-state index in [4.69, 9.17) is 27.6 Å². The van der Waals surface area contributed by atoms with Gasteiger partial charge in [0.15, 0.2) is 0 Å². The summed E-state index contributed by atoms with van der Waals surface area (Å²) in [6, 6.07) is 5.02. The largest absolute Gasteiger partial charge is 0.469 e. The van der Waals surface area contributed by atoms with Gasteiger partial charge in [-0.2, -0.15) is 0 Å². The molecular weight excluding hydrogens is 277 g/mol. The highest BCUT2D eigenvalue weighted by molar-refractivity contribution is 6.32. The molecule has 5 nitrogen and oxygen atoms in total. The lowest BCUT2D eigenvalue weighted by Crippen LogP contribution is -2.13. The molecule has 0 spiro atoms. The predicted octanol–water partition coefficient (Wildman–Crippen LogP) is 2.95. The fraction of sp³-hybridized carbons (Fsp3) is 0.182. The van der Waals surface area contributed by atoms with Crippen molar-refractivity contribution in [3.8, 4) is 0 Å². The van der Waals surface area contributed by atoms with Gasteiger partial charge in [-0.25, -0.2) is 9.97 Å². The monoisotopic (exact) mass is 285 g/mol. The van der Waals surface area contributed by atoms with Crippen molar-refractivity contribution in [2.45, 2.75) is 12.8 Å². The molecule has 0 atom stereocenters. The van der Waals surface area contributed by atoms with Gasteiger partial charge in [0.1, 0.15) is 16.7 Å². The van der Waals surface area contributed by atoms with Gasteiger partial charge in [-0.3, -0.25) is 4.79 Å². The van der Waals surface area contributed by atoms with E-state index in [1.807, 2.05) is 6.07 Å². The lowest BCUT2D eigenvalue weighted by molar-refractivity contribution is -0.116. The number of aromatic nitrogens is 2. The van der Waals surface area contributed by atoms with Crippen LogP contribution >= 0.6 is 23.2 Å². The Bertz CT molecular complexity index is 523. The van der Waals surface area contributed by atoms with Crippen molar-refractivity contribution in [3.05, 3.63) is 40.7 Å². The Balaban J connectivity index is 1.90. The molecular formula is C11H9Cl2N3O2. The summed E-state index contributed by atoms with van der Waals surface area (Å²) in [5, 5.41) is 2.75. The summed E-state index contributed by atoms with van der Waals surface area (Å²) in [5.41, 5.74) is 0. The van der Waals surface area contributed by atoms with E-state index in [2.05, 4.69) is 15.3 Å². The van der Waals surface area contributed by atoms with E-state index < -0.39 is 0 Å². The molecule has 0 saturated heterocycles. The topological polar surface area (TPSA) is 68.0 Å². The molecule has 0 aromatic carbocycles.